The van der Waals surface area contributed by atoms with Crippen molar-refractivity contribution >= 4 is 18.5 Å². The second kappa shape index (κ2) is 3.49. The number of hydrogen-bond donors (Lipinski definition) is 3. The van der Waals surface area contributed by atoms with Gasteiger partial charge in [-0.1, -0.05) is 0 Å². The van der Waals surface area contributed by atoms with Crippen molar-refractivity contribution in [3.05, 3.63) is 0 Å². The van der Waals surface area contributed by atoms with Crippen molar-refractivity contribution in [1.82, 2.24) is 10.6 Å². The number of fused-ring (bicyclic) bond motifs is 2. The van der Waals surface area contributed by atoms with Gasteiger partial charge >= 0.3 is 6.09 Å². The Morgan fingerprint density at radius 1 is 1.50 bits per heavy atom. The first kappa shape index (κ1) is 9.61. The van der Waals surface area contributed by atoms with Crippen LogP contribution in [0.5, 0.6) is 0 Å². The van der Waals surface area contributed by atoms with Crippen LogP contribution in [0, 0.1) is 0 Å². The lowest BCUT2D eigenvalue weighted by molar-refractivity contribution is 0.187. The van der Waals surface area contributed by atoms with Crippen molar-refractivity contribution in [2.24, 2.45) is 0 Å². The van der Waals surface area contributed by atoms with Crippen LogP contribution < -0.4 is 10.6 Å². The molecular formula is C7H13ClN2O2. The van der Waals surface area contributed by atoms with Gasteiger partial charge in [0.25, 0.3) is 0 Å². The Hall–Kier alpha value is -0.480. The van der Waals surface area contributed by atoms with Gasteiger partial charge < -0.3 is 15.7 Å². The third-order valence-corrected chi connectivity index (χ3v) is 2.61. The summed E-state index contributed by atoms with van der Waals surface area (Å²) in [5.41, 5.74) is 0. The van der Waals surface area contributed by atoms with Gasteiger partial charge in [-0.3, -0.25) is 0 Å². The normalized spacial score (nSPS) is 37.5. The van der Waals surface area contributed by atoms with Crippen LogP contribution in [0.15, 0.2) is 0 Å². The molecule has 1 amide bonds. The van der Waals surface area contributed by atoms with Crippen LogP contribution in [0.3, 0.4) is 0 Å². The molecule has 70 valence electrons. The van der Waals surface area contributed by atoms with Gasteiger partial charge in [-0.2, -0.15) is 0 Å². The molecule has 4 nitrogen and oxygen atoms in total. The summed E-state index contributed by atoms with van der Waals surface area (Å²) in [4.78, 5) is 10.3. The Balaban J connectivity index is 0.000000720. The van der Waals surface area contributed by atoms with E-state index in [0.717, 1.165) is 12.8 Å². The molecule has 0 radical (unpaired) electrons. The van der Waals surface area contributed by atoms with Gasteiger partial charge in [-0.15, -0.1) is 12.4 Å². The lowest BCUT2D eigenvalue weighted by Crippen LogP contribution is -2.42. The average Bonchev–Trinajstić information content (AvgIpc) is 2.45. The highest BCUT2D eigenvalue weighted by molar-refractivity contribution is 5.85. The monoisotopic (exact) mass is 192 g/mol. The maximum absolute atomic E-state index is 10.3. The summed E-state index contributed by atoms with van der Waals surface area (Å²) < 4.78 is 0. The fourth-order valence-corrected chi connectivity index (χ4v) is 2.14. The molecule has 3 N–H and O–H groups in total. The summed E-state index contributed by atoms with van der Waals surface area (Å²) in [5.74, 6) is 0. The van der Waals surface area contributed by atoms with Crippen molar-refractivity contribution in [2.75, 3.05) is 0 Å². The Morgan fingerprint density at radius 2 is 2.25 bits per heavy atom. The molecule has 2 bridgehead atoms. The SMILES string of the molecule is Cl.O=C(O)N[C@H]1C[C@H]2CC[C@@H]1N2. The lowest BCUT2D eigenvalue weighted by atomic mass is 9.96. The Bertz CT molecular complexity index is 188. The standard InChI is InChI=1S/C7H12N2O2.ClH/c10-7(11)9-6-3-4-1-2-5(6)8-4;/h4-6,8-9H,1-3H2,(H,10,11);1H/t4-,5+,6+;/m1./s1. The Morgan fingerprint density at radius 3 is 2.67 bits per heavy atom. The van der Waals surface area contributed by atoms with E-state index < -0.39 is 6.09 Å². The number of halogens is 1. The number of nitrogens with one attached hydrogen (secondary N) is 2. The van der Waals surface area contributed by atoms with Gasteiger partial charge in [0.05, 0.1) is 0 Å². The van der Waals surface area contributed by atoms with E-state index in [9.17, 15) is 4.79 Å². The molecule has 0 saturated carbocycles. The highest BCUT2D eigenvalue weighted by Crippen LogP contribution is 2.27. The number of carboxylic acid groups (broad SMARTS) is 1. The predicted octanol–water partition coefficient (Wildman–Crippen LogP) is 0.569. The zero-order valence-corrected chi connectivity index (χ0v) is 7.43. The average molecular weight is 193 g/mol. The van der Waals surface area contributed by atoms with Crippen LogP contribution in [0.25, 0.3) is 0 Å². The minimum atomic E-state index is -0.899. The molecular weight excluding hydrogens is 180 g/mol. The van der Waals surface area contributed by atoms with Gasteiger partial charge in [0.15, 0.2) is 0 Å². The van der Waals surface area contributed by atoms with E-state index in [-0.39, 0.29) is 18.4 Å². The number of hydrogen-bond acceptors (Lipinski definition) is 2. The predicted molar refractivity (Wildman–Crippen MR) is 46.8 cm³/mol. The summed E-state index contributed by atoms with van der Waals surface area (Å²) in [7, 11) is 0. The van der Waals surface area contributed by atoms with E-state index in [1.165, 1.54) is 6.42 Å². The number of amides is 1. The molecule has 2 aliphatic rings. The topological polar surface area (TPSA) is 61.4 Å². The summed E-state index contributed by atoms with van der Waals surface area (Å²) in [6.45, 7) is 0. The second-order valence-corrected chi connectivity index (χ2v) is 3.34. The van der Waals surface area contributed by atoms with Crippen LogP contribution in [0.1, 0.15) is 19.3 Å². The third-order valence-electron chi connectivity index (χ3n) is 2.61. The molecule has 2 rings (SSSR count). The molecule has 0 aliphatic carbocycles. The minimum absolute atomic E-state index is 0. The number of carbonyl (C=O) groups is 1. The third kappa shape index (κ3) is 1.64. The van der Waals surface area contributed by atoms with Crippen molar-refractivity contribution in [3.8, 4) is 0 Å². The fraction of sp³-hybridized carbons (Fsp3) is 0.857. The van der Waals surface area contributed by atoms with E-state index in [1.54, 1.807) is 0 Å². The zero-order chi connectivity index (χ0) is 7.84. The van der Waals surface area contributed by atoms with Crippen LogP contribution in [-0.2, 0) is 0 Å². The Kier molecular flexibility index (Phi) is 2.80. The lowest BCUT2D eigenvalue weighted by Gasteiger charge is -2.19. The molecule has 0 aromatic carbocycles. The van der Waals surface area contributed by atoms with Crippen LogP contribution in [-0.4, -0.2) is 29.3 Å². The summed E-state index contributed by atoms with van der Waals surface area (Å²) in [6, 6.07) is 1.12. The van der Waals surface area contributed by atoms with Crippen molar-refractivity contribution in [1.29, 1.82) is 0 Å². The van der Waals surface area contributed by atoms with Crippen LogP contribution in [0.4, 0.5) is 4.79 Å². The molecule has 0 spiro atoms. The fourth-order valence-electron chi connectivity index (χ4n) is 2.14. The van der Waals surface area contributed by atoms with Crippen LogP contribution >= 0.6 is 12.4 Å². The molecule has 0 unspecified atom stereocenters. The minimum Gasteiger partial charge on any atom is -0.465 e. The van der Waals surface area contributed by atoms with E-state index in [2.05, 4.69) is 10.6 Å². The van der Waals surface area contributed by atoms with Gasteiger partial charge in [-0.25, -0.2) is 4.79 Å². The van der Waals surface area contributed by atoms with Gasteiger partial charge in [-0.05, 0) is 19.3 Å². The second-order valence-electron chi connectivity index (χ2n) is 3.34. The molecule has 2 heterocycles. The Labute approximate surface area is 77.1 Å². The maximum Gasteiger partial charge on any atom is 0.404 e. The quantitative estimate of drug-likeness (QED) is 0.569. The number of rotatable bonds is 1. The highest BCUT2D eigenvalue weighted by atomic mass is 35.5. The van der Waals surface area contributed by atoms with Gasteiger partial charge in [0.2, 0.25) is 0 Å². The van der Waals surface area contributed by atoms with E-state index in [1.807, 2.05) is 0 Å². The van der Waals surface area contributed by atoms with Crippen molar-refractivity contribution in [3.63, 3.8) is 0 Å². The molecule has 3 atom stereocenters. The maximum atomic E-state index is 10.3. The van der Waals surface area contributed by atoms with E-state index in [4.69, 9.17) is 5.11 Å². The summed E-state index contributed by atoms with van der Waals surface area (Å²) >= 11 is 0. The smallest absolute Gasteiger partial charge is 0.404 e. The summed E-state index contributed by atoms with van der Waals surface area (Å²) in [5, 5.41) is 14.3. The molecule has 2 aliphatic heterocycles. The molecule has 5 heteroatoms. The first-order valence-electron chi connectivity index (χ1n) is 4.01. The first-order valence-corrected chi connectivity index (χ1v) is 4.01. The van der Waals surface area contributed by atoms with E-state index in [0.29, 0.717) is 12.1 Å². The van der Waals surface area contributed by atoms with Gasteiger partial charge in [0.1, 0.15) is 0 Å². The first-order chi connectivity index (χ1) is 5.25. The van der Waals surface area contributed by atoms with E-state index >= 15 is 0 Å². The molecule has 12 heavy (non-hydrogen) atoms. The van der Waals surface area contributed by atoms with Gasteiger partial charge in [0, 0.05) is 18.1 Å². The molecule has 0 aromatic rings. The molecule has 0 aromatic heterocycles. The van der Waals surface area contributed by atoms with Crippen molar-refractivity contribution < 1.29 is 9.90 Å². The zero-order valence-electron chi connectivity index (χ0n) is 6.62. The van der Waals surface area contributed by atoms with Crippen LogP contribution in [0.2, 0.25) is 0 Å². The summed E-state index contributed by atoms with van der Waals surface area (Å²) in [6.07, 6.45) is 2.40. The van der Waals surface area contributed by atoms with Crippen molar-refractivity contribution in [2.45, 2.75) is 37.4 Å². The largest absolute Gasteiger partial charge is 0.465 e. The molecule has 2 fully saturated rings. The highest BCUT2D eigenvalue weighted by Gasteiger charge is 2.39. The molecule has 2 saturated heterocycles.